The van der Waals surface area contributed by atoms with Crippen molar-refractivity contribution in [2.24, 2.45) is 0 Å². The summed E-state index contributed by atoms with van der Waals surface area (Å²) in [6.45, 7) is 1.66. The maximum Gasteiger partial charge on any atom is 0.328 e. The predicted molar refractivity (Wildman–Crippen MR) is 66.4 cm³/mol. The molecule has 1 saturated heterocycles. The molecule has 0 saturated carbocycles. The molecule has 1 heterocycles. The van der Waals surface area contributed by atoms with Crippen LogP contribution in [-0.2, 0) is 26.0 Å². The maximum absolute atomic E-state index is 11.8. The zero-order valence-electron chi connectivity index (χ0n) is 10.00. The van der Waals surface area contributed by atoms with Gasteiger partial charge in [0.25, 0.3) is 0 Å². The van der Waals surface area contributed by atoms with Gasteiger partial charge in [-0.05, 0) is 18.9 Å². The first-order valence-corrected chi connectivity index (χ1v) is 7.37. The summed E-state index contributed by atoms with van der Waals surface area (Å²) in [7, 11) is -3.46. The van der Waals surface area contributed by atoms with Crippen LogP contribution >= 0.6 is 0 Å². The van der Waals surface area contributed by atoms with Crippen molar-refractivity contribution < 1.29 is 17.9 Å². The summed E-state index contributed by atoms with van der Waals surface area (Å²) >= 11 is 0. The van der Waals surface area contributed by atoms with Crippen LogP contribution in [0.5, 0.6) is 0 Å². The van der Waals surface area contributed by atoms with Gasteiger partial charge < -0.3 is 4.74 Å². The zero-order chi connectivity index (χ0) is 13.2. The van der Waals surface area contributed by atoms with Crippen LogP contribution in [0.15, 0.2) is 30.3 Å². The molecule has 98 valence electrons. The fraction of sp³-hybridized carbons (Fsp3) is 0.417. The Hall–Kier alpha value is -1.40. The van der Waals surface area contributed by atoms with Gasteiger partial charge in [-0.15, -0.1) is 0 Å². The molecule has 2 rings (SSSR count). The van der Waals surface area contributed by atoms with Crippen molar-refractivity contribution in [1.29, 1.82) is 0 Å². The topological polar surface area (TPSA) is 72.5 Å². The first kappa shape index (κ1) is 13.0. The van der Waals surface area contributed by atoms with Crippen molar-refractivity contribution in [3.63, 3.8) is 0 Å². The molecule has 1 N–H and O–H groups in total. The van der Waals surface area contributed by atoms with E-state index < -0.39 is 22.0 Å². The minimum atomic E-state index is -3.46. The van der Waals surface area contributed by atoms with Gasteiger partial charge in [-0.1, -0.05) is 30.3 Å². The van der Waals surface area contributed by atoms with Crippen molar-refractivity contribution in [1.82, 2.24) is 4.72 Å². The van der Waals surface area contributed by atoms with Crippen LogP contribution in [0.25, 0.3) is 0 Å². The normalized spacial score (nSPS) is 23.3. The van der Waals surface area contributed by atoms with Crippen molar-refractivity contribution in [2.75, 3.05) is 5.75 Å². The number of carbonyl (C=O) groups excluding carboxylic acids is 1. The molecule has 0 radical (unpaired) electrons. The lowest BCUT2D eigenvalue weighted by molar-refractivity contribution is -0.173. The molecule has 5 nitrogen and oxygen atoms in total. The molecule has 6 heteroatoms. The molecule has 1 aromatic rings. The fourth-order valence-corrected chi connectivity index (χ4v) is 3.03. The molecular weight excluding hydrogens is 254 g/mol. The van der Waals surface area contributed by atoms with Crippen molar-refractivity contribution in [2.45, 2.75) is 25.5 Å². The number of carbonyl (C=O) groups is 1. The van der Waals surface area contributed by atoms with E-state index >= 15 is 0 Å². The van der Waals surface area contributed by atoms with Crippen molar-refractivity contribution >= 4 is 16.0 Å². The van der Waals surface area contributed by atoms with Crippen LogP contribution < -0.4 is 4.72 Å². The lowest BCUT2D eigenvalue weighted by Crippen LogP contribution is -2.58. The summed E-state index contributed by atoms with van der Waals surface area (Å²) in [5, 5.41) is 0. The van der Waals surface area contributed by atoms with Gasteiger partial charge in [-0.2, -0.15) is 4.72 Å². The number of benzene rings is 1. The molecular formula is C12H15NO4S. The number of rotatable bonds is 5. The van der Waals surface area contributed by atoms with E-state index in [1.165, 1.54) is 0 Å². The molecule has 0 unspecified atom stereocenters. The van der Waals surface area contributed by atoms with Crippen LogP contribution in [-0.4, -0.2) is 32.3 Å². The van der Waals surface area contributed by atoms with Crippen LogP contribution in [0.3, 0.4) is 0 Å². The minimum Gasteiger partial charge on any atom is -0.459 e. The summed E-state index contributed by atoms with van der Waals surface area (Å²) in [4.78, 5) is 11.0. The van der Waals surface area contributed by atoms with Gasteiger partial charge in [-0.25, -0.2) is 8.42 Å². The second-order valence-electron chi connectivity index (χ2n) is 4.29. The number of esters is 1. The number of sulfonamides is 1. The van der Waals surface area contributed by atoms with Gasteiger partial charge in [0.15, 0.2) is 6.04 Å². The van der Waals surface area contributed by atoms with E-state index in [9.17, 15) is 13.2 Å². The monoisotopic (exact) mass is 269 g/mol. The SMILES string of the molecule is C[C@@H]1OC(=O)[C@@H]1NS(=O)(=O)CCc1ccccc1. The van der Waals surface area contributed by atoms with Gasteiger partial charge in [0.1, 0.15) is 6.10 Å². The fourth-order valence-electron chi connectivity index (χ4n) is 1.74. The molecule has 0 bridgehead atoms. The van der Waals surface area contributed by atoms with E-state index in [-0.39, 0.29) is 11.9 Å². The van der Waals surface area contributed by atoms with Gasteiger partial charge >= 0.3 is 5.97 Å². The highest BCUT2D eigenvalue weighted by Crippen LogP contribution is 2.14. The maximum atomic E-state index is 11.8. The number of nitrogens with one attached hydrogen (secondary N) is 1. The number of aryl methyl sites for hydroxylation is 1. The lowest BCUT2D eigenvalue weighted by atomic mass is 10.1. The highest BCUT2D eigenvalue weighted by Gasteiger charge is 2.41. The molecule has 2 atom stereocenters. The van der Waals surface area contributed by atoms with Crippen molar-refractivity contribution in [3.05, 3.63) is 35.9 Å². The largest absolute Gasteiger partial charge is 0.459 e. The van der Waals surface area contributed by atoms with Gasteiger partial charge in [0.05, 0.1) is 5.75 Å². The second kappa shape index (κ2) is 5.07. The number of ether oxygens (including phenoxy) is 1. The Morgan fingerprint density at radius 2 is 1.94 bits per heavy atom. The molecule has 1 aliphatic heterocycles. The summed E-state index contributed by atoms with van der Waals surface area (Å²) in [5.74, 6) is -0.543. The zero-order valence-corrected chi connectivity index (χ0v) is 10.8. The molecule has 1 aliphatic rings. The summed E-state index contributed by atoms with van der Waals surface area (Å²) in [5.41, 5.74) is 0.951. The Kier molecular flexibility index (Phi) is 3.68. The first-order chi connectivity index (χ1) is 8.48. The predicted octanol–water partition coefficient (Wildman–Crippen LogP) is 0.462. The van der Waals surface area contributed by atoms with E-state index in [0.29, 0.717) is 6.42 Å². The number of hydrogen-bond donors (Lipinski definition) is 1. The standard InChI is InChI=1S/C12H15NO4S/c1-9-11(12(14)17-9)13-18(15,16)8-7-10-5-3-2-4-6-10/h2-6,9,11,13H,7-8H2,1H3/t9-,11+/m0/s1. The highest BCUT2D eigenvalue weighted by atomic mass is 32.2. The Morgan fingerprint density at radius 3 is 2.50 bits per heavy atom. The molecule has 0 amide bonds. The Balaban J connectivity index is 1.90. The third-order valence-corrected chi connectivity index (χ3v) is 4.19. The van der Waals surface area contributed by atoms with Gasteiger partial charge in [-0.3, -0.25) is 4.79 Å². The summed E-state index contributed by atoms with van der Waals surface area (Å²) in [6.07, 6.45) is 0.0378. The first-order valence-electron chi connectivity index (χ1n) is 5.72. The second-order valence-corrected chi connectivity index (χ2v) is 6.17. The van der Waals surface area contributed by atoms with E-state index in [2.05, 4.69) is 4.72 Å². The number of hydrogen-bond acceptors (Lipinski definition) is 4. The quantitative estimate of drug-likeness (QED) is 0.788. The molecule has 1 aromatic carbocycles. The van der Waals surface area contributed by atoms with Crippen LogP contribution in [0.2, 0.25) is 0 Å². The summed E-state index contributed by atoms with van der Waals surface area (Å²) < 4.78 is 30.6. The van der Waals surface area contributed by atoms with Gasteiger partial charge in [0.2, 0.25) is 10.0 Å². The molecule has 0 spiro atoms. The summed E-state index contributed by atoms with van der Waals surface area (Å²) in [6, 6.07) is 8.61. The van der Waals surface area contributed by atoms with E-state index in [1.54, 1.807) is 6.92 Å². The third-order valence-electron chi connectivity index (χ3n) is 2.83. The van der Waals surface area contributed by atoms with Crippen LogP contribution in [0, 0.1) is 0 Å². The Bertz CT molecular complexity index is 526. The van der Waals surface area contributed by atoms with E-state index in [4.69, 9.17) is 4.74 Å². The van der Waals surface area contributed by atoms with Crippen LogP contribution in [0.4, 0.5) is 0 Å². The minimum absolute atomic E-state index is 0.0342. The molecule has 18 heavy (non-hydrogen) atoms. The average molecular weight is 269 g/mol. The average Bonchev–Trinajstić information content (AvgIpc) is 2.36. The van der Waals surface area contributed by atoms with Crippen molar-refractivity contribution in [3.8, 4) is 0 Å². The number of cyclic esters (lactones) is 1. The Labute approximate surface area is 106 Å². The van der Waals surface area contributed by atoms with E-state index in [0.717, 1.165) is 5.56 Å². The highest BCUT2D eigenvalue weighted by molar-refractivity contribution is 7.89. The smallest absolute Gasteiger partial charge is 0.328 e. The third kappa shape index (κ3) is 3.08. The van der Waals surface area contributed by atoms with E-state index in [1.807, 2.05) is 30.3 Å². The molecule has 0 aliphatic carbocycles. The molecule has 0 aromatic heterocycles. The van der Waals surface area contributed by atoms with Gasteiger partial charge in [0, 0.05) is 0 Å². The van der Waals surface area contributed by atoms with Crippen LogP contribution in [0.1, 0.15) is 12.5 Å². The Morgan fingerprint density at radius 1 is 1.28 bits per heavy atom. The molecule has 1 fully saturated rings. The lowest BCUT2D eigenvalue weighted by Gasteiger charge is -2.32.